The van der Waals surface area contributed by atoms with Gasteiger partial charge < -0.3 is 20.7 Å². The Morgan fingerprint density at radius 3 is 2.85 bits per heavy atom. The van der Waals surface area contributed by atoms with Gasteiger partial charge in [-0.05, 0) is 17.6 Å². The van der Waals surface area contributed by atoms with Gasteiger partial charge >= 0.3 is 6.03 Å². The average molecular weight is 295 g/mol. The first-order chi connectivity index (χ1) is 9.63. The highest BCUT2D eigenvalue weighted by Crippen LogP contribution is 2.26. The largest absolute Gasteiger partial charge is 0.481 e. The number of hydrogen-bond donors (Lipinski definition) is 4. The van der Waals surface area contributed by atoms with Crippen LogP contribution in [-0.2, 0) is 0 Å². The minimum absolute atomic E-state index is 0.158. The molecular formula is C11H13N5O3S. The molecule has 2 rings (SSSR count). The Bertz CT molecular complexity index is 649. The number of aromatic amines is 1. The van der Waals surface area contributed by atoms with Crippen molar-refractivity contribution in [3.8, 4) is 5.88 Å². The van der Waals surface area contributed by atoms with Crippen LogP contribution in [0.15, 0.2) is 23.1 Å². The Balaban J connectivity index is 2.20. The number of nitrogens with zero attached hydrogens (tertiary/aromatic N) is 1. The average Bonchev–Trinajstić information content (AvgIpc) is 2.81. The van der Waals surface area contributed by atoms with Gasteiger partial charge in [-0.15, -0.1) is 0 Å². The fourth-order valence-corrected chi connectivity index (χ4v) is 2.10. The summed E-state index contributed by atoms with van der Waals surface area (Å²) in [5, 5.41) is 8.33. The number of ether oxygens (including phenoxy) is 1. The maximum atomic E-state index is 11.6. The number of anilines is 3. The molecule has 9 heteroatoms. The van der Waals surface area contributed by atoms with Crippen molar-refractivity contribution in [2.45, 2.75) is 0 Å². The first-order valence-electron chi connectivity index (χ1n) is 5.61. The number of pyridine rings is 1. The molecule has 0 spiro atoms. The number of nitrogens with one attached hydrogen (secondary N) is 4. The standard InChI is InChI=1S/C11H13N5O3S/c1-12-11(18)15-8-9(17)16-20-10(8)14-6-3-4-7(19-2)13-5-6/h3-5,14H,1-2H3,(H,16,17)(H2,12,15,18). The highest BCUT2D eigenvalue weighted by Gasteiger charge is 2.13. The summed E-state index contributed by atoms with van der Waals surface area (Å²) in [5.41, 5.74) is 0.453. The molecule has 0 bridgehead atoms. The molecule has 0 aliphatic heterocycles. The second-order valence-corrected chi connectivity index (χ2v) is 4.47. The third-order valence-electron chi connectivity index (χ3n) is 2.37. The molecule has 0 unspecified atom stereocenters. The van der Waals surface area contributed by atoms with Crippen molar-refractivity contribution in [2.75, 3.05) is 24.8 Å². The molecule has 2 heterocycles. The third-order valence-corrected chi connectivity index (χ3v) is 3.17. The smallest absolute Gasteiger partial charge is 0.319 e. The van der Waals surface area contributed by atoms with Crippen LogP contribution in [0.1, 0.15) is 0 Å². The number of carbonyl (C=O) groups excluding carboxylic acids is 1. The molecule has 0 atom stereocenters. The number of rotatable bonds is 4. The van der Waals surface area contributed by atoms with Gasteiger partial charge in [-0.25, -0.2) is 9.78 Å². The summed E-state index contributed by atoms with van der Waals surface area (Å²) in [7, 11) is 3.00. The van der Waals surface area contributed by atoms with Crippen molar-refractivity contribution in [3.05, 3.63) is 28.7 Å². The third kappa shape index (κ3) is 3.06. The van der Waals surface area contributed by atoms with Crippen molar-refractivity contribution in [1.82, 2.24) is 14.7 Å². The quantitative estimate of drug-likeness (QED) is 0.680. The summed E-state index contributed by atoms with van der Waals surface area (Å²) < 4.78 is 7.50. The molecule has 2 aromatic heterocycles. The van der Waals surface area contributed by atoms with Gasteiger partial charge in [-0.2, -0.15) is 0 Å². The molecular weight excluding hydrogens is 282 g/mol. The van der Waals surface area contributed by atoms with E-state index in [9.17, 15) is 9.59 Å². The lowest BCUT2D eigenvalue weighted by atomic mass is 10.4. The summed E-state index contributed by atoms with van der Waals surface area (Å²) >= 11 is 1.08. The van der Waals surface area contributed by atoms with Crippen molar-refractivity contribution >= 4 is 33.9 Å². The minimum atomic E-state index is -0.468. The Morgan fingerprint density at radius 1 is 1.45 bits per heavy atom. The molecule has 8 nitrogen and oxygen atoms in total. The van der Waals surface area contributed by atoms with Gasteiger partial charge in [0, 0.05) is 13.1 Å². The molecule has 20 heavy (non-hydrogen) atoms. The van der Waals surface area contributed by atoms with Crippen molar-refractivity contribution < 1.29 is 9.53 Å². The predicted octanol–water partition coefficient (Wildman–Crippen LogP) is 1.33. The molecule has 0 saturated carbocycles. The zero-order valence-corrected chi connectivity index (χ0v) is 11.6. The normalized spacial score (nSPS) is 9.90. The lowest BCUT2D eigenvalue weighted by Crippen LogP contribution is -2.27. The second-order valence-electron chi connectivity index (χ2n) is 3.66. The number of amides is 2. The van der Waals surface area contributed by atoms with Crippen LogP contribution in [0.25, 0.3) is 0 Å². The molecule has 4 N–H and O–H groups in total. The minimum Gasteiger partial charge on any atom is -0.481 e. The van der Waals surface area contributed by atoms with Crippen molar-refractivity contribution in [3.63, 3.8) is 0 Å². The Morgan fingerprint density at radius 2 is 2.25 bits per heavy atom. The van der Waals surface area contributed by atoms with E-state index in [0.717, 1.165) is 11.5 Å². The summed E-state index contributed by atoms with van der Waals surface area (Å²) in [6.07, 6.45) is 1.56. The van der Waals surface area contributed by atoms with Gasteiger partial charge in [-0.1, -0.05) is 0 Å². The zero-order valence-electron chi connectivity index (χ0n) is 10.8. The highest BCUT2D eigenvalue weighted by molar-refractivity contribution is 7.11. The zero-order chi connectivity index (χ0) is 14.5. The van der Waals surface area contributed by atoms with E-state index in [-0.39, 0.29) is 11.2 Å². The number of carbonyl (C=O) groups is 1. The Hall–Kier alpha value is -2.55. The molecule has 0 fully saturated rings. The number of aromatic nitrogens is 2. The molecule has 0 radical (unpaired) electrons. The first-order valence-corrected chi connectivity index (χ1v) is 6.43. The van der Waals surface area contributed by atoms with Gasteiger partial charge in [-0.3, -0.25) is 9.17 Å². The van der Waals surface area contributed by atoms with E-state index >= 15 is 0 Å². The van der Waals surface area contributed by atoms with Crippen LogP contribution in [0.4, 0.5) is 21.2 Å². The van der Waals surface area contributed by atoms with E-state index in [1.54, 1.807) is 18.3 Å². The Labute approximate surface area is 118 Å². The second kappa shape index (κ2) is 6.06. The fraction of sp³-hybridized carbons (Fsp3) is 0.182. The van der Waals surface area contributed by atoms with Gasteiger partial charge in [0.05, 0.1) is 19.0 Å². The van der Waals surface area contributed by atoms with E-state index < -0.39 is 6.03 Å². The van der Waals surface area contributed by atoms with Crippen LogP contribution >= 0.6 is 11.5 Å². The molecule has 0 aliphatic rings. The molecule has 0 saturated heterocycles. The van der Waals surface area contributed by atoms with E-state index in [1.807, 2.05) is 0 Å². The van der Waals surface area contributed by atoms with Crippen molar-refractivity contribution in [1.29, 1.82) is 0 Å². The van der Waals surface area contributed by atoms with Crippen LogP contribution in [0.2, 0.25) is 0 Å². The van der Waals surface area contributed by atoms with E-state index in [1.165, 1.54) is 14.2 Å². The number of hydrogen-bond acceptors (Lipinski definition) is 6. The number of H-pyrrole nitrogens is 1. The van der Waals surface area contributed by atoms with Gasteiger partial charge in [0.1, 0.15) is 10.7 Å². The topological polar surface area (TPSA) is 108 Å². The van der Waals surface area contributed by atoms with E-state index in [0.29, 0.717) is 16.6 Å². The number of urea groups is 1. The Kier molecular flexibility index (Phi) is 4.20. The van der Waals surface area contributed by atoms with Gasteiger partial charge in [0.25, 0.3) is 5.56 Å². The predicted molar refractivity (Wildman–Crippen MR) is 77.1 cm³/mol. The maximum absolute atomic E-state index is 11.6. The first kappa shape index (κ1) is 13.9. The van der Waals surface area contributed by atoms with E-state index in [4.69, 9.17) is 4.74 Å². The molecule has 2 aromatic rings. The van der Waals surface area contributed by atoms with E-state index in [2.05, 4.69) is 25.3 Å². The molecule has 0 aromatic carbocycles. The van der Waals surface area contributed by atoms with Crippen molar-refractivity contribution in [2.24, 2.45) is 0 Å². The van der Waals surface area contributed by atoms with Crippen LogP contribution in [0, 0.1) is 0 Å². The van der Waals surface area contributed by atoms with Gasteiger partial charge in [0.15, 0.2) is 0 Å². The fourth-order valence-electron chi connectivity index (χ4n) is 1.39. The van der Waals surface area contributed by atoms with Crippen LogP contribution in [0.3, 0.4) is 0 Å². The van der Waals surface area contributed by atoms with Gasteiger partial charge in [0.2, 0.25) is 5.88 Å². The lowest BCUT2D eigenvalue weighted by molar-refractivity contribution is 0.254. The summed E-state index contributed by atoms with van der Waals surface area (Å²) in [6.45, 7) is 0. The lowest BCUT2D eigenvalue weighted by Gasteiger charge is -2.07. The maximum Gasteiger partial charge on any atom is 0.319 e. The molecule has 0 aliphatic carbocycles. The summed E-state index contributed by atoms with van der Waals surface area (Å²) in [6, 6.07) is 2.97. The monoisotopic (exact) mass is 295 g/mol. The molecule has 2 amide bonds. The van der Waals surface area contributed by atoms with Crippen LogP contribution < -0.4 is 26.2 Å². The SMILES string of the molecule is CNC(=O)Nc1c(Nc2ccc(OC)nc2)s[nH]c1=O. The summed E-state index contributed by atoms with van der Waals surface area (Å²) in [4.78, 5) is 27.0. The number of methoxy groups -OCH3 is 1. The van der Waals surface area contributed by atoms with Crippen LogP contribution in [0.5, 0.6) is 5.88 Å². The molecule has 106 valence electrons. The van der Waals surface area contributed by atoms with Crippen LogP contribution in [-0.4, -0.2) is 29.5 Å². The summed E-state index contributed by atoms with van der Waals surface area (Å²) in [5.74, 6) is 0.488. The highest BCUT2D eigenvalue weighted by atomic mass is 32.1.